The Morgan fingerprint density at radius 3 is 1.29 bits per heavy atom. The van der Waals surface area contributed by atoms with Crippen molar-refractivity contribution in [2.75, 3.05) is 40.6 Å². The van der Waals surface area contributed by atoms with E-state index in [0.717, 1.165) is 0 Å². The van der Waals surface area contributed by atoms with Crippen LogP contribution >= 0.6 is 0 Å². The molecule has 16 nitrogen and oxygen atoms in total. The minimum absolute atomic E-state index is 0.0888. The molecule has 2 fully saturated rings. The van der Waals surface area contributed by atoms with Crippen LogP contribution in [-0.4, -0.2) is 153 Å². The van der Waals surface area contributed by atoms with Gasteiger partial charge in [0.1, 0.15) is 48.8 Å². The standard InChI is InChI=1S/C32H46O16/c1-43-21-9-15(3-5-19(21)35)7-17(13-45-31-29(41)27(39)25(37)23(11-33)47-31)18(8-16-4-6-20(36)22(10-16)44-2)14-46-32-30(42)28(40)26(38)24(12-34)48-32/h3-6,9-10,17-18,23-42H,7-8,11-14H2,1-2H3/t17-,18+,23?,24?,25?,26?,27?,28?,29?,30?,31?,32?. The molecule has 270 valence electrons. The van der Waals surface area contributed by atoms with Crippen molar-refractivity contribution >= 4 is 0 Å². The topological polar surface area (TPSA) is 258 Å². The average molecular weight is 687 g/mol. The van der Waals surface area contributed by atoms with E-state index in [4.69, 9.17) is 28.4 Å². The number of hydrogen-bond acceptors (Lipinski definition) is 16. The smallest absolute Gasteiger partial charge is 0.186 e. The lowest BCUT2D eigenvalue weighted by Gasteiger charge is -2.41. The van der Waals surface area contributed by atoms with Crippen molar-refractivity contribution in [2.45, 2.75) is 74.3 Å². The molecule has 2 aliphatic heterocycles. The lowest BCUT2D eigenvalue weighted by Crippen LogP contribution is -2.59. The Morgan fingerprint density at radius 2 is 0.958 bits per heavy atom. The second-order valence-corrected chi connectivity index (χ2v) is 12.0. The van der Waals surface area contributed by atoms with Crippen molar-refractivity contribution in [3.63, 3.8) is 0 Å². The van der Waals surface area contributed by atoms with E-state index in [0.29, 0.717) is 11.1 Å². The molecule has 0 bridgehead atoms. The van der Waals surface area contributed by atoms with Gasteiger partial charge in [-0.15, -0.1) is 0 Å². The van der Waals surface area contributed by atoms with E-state index in [-0.39, 0.29) is 49.1 Å². The molecular weight excluding hydrogens is 640 g/mol. The number of methoxy groups -OCH3 is 2. The Morgan fingerprint density at radius 1 is 0.583 bits per heavy atom. The van der Waals surface area contributed by atoms with E-state index in [2.05, 4.69) is 0 Å². The van der Waals surface area contributed by atoms with E-state index < -0.39 is 86.5 Å². The third-order valence-corrected chi connectivity index (χ3v) is 8.80. The molecule has 0 spiro atoms. The van der Waals surface area contributed by atoms with Crippen LogP contribution < -0.4 is 9.47 Å². The Kier molecular flexibility index (Phi) is 13.6. The Bertz CT molecular complexity index is 1200. The first-order valence-electron chi connectivity index (χ1n) is 15.5. The van der Waals surface area contributed by atoms with Crippen molar-refractivity contribution < 1.29 is 79.5 Å². The molecule has 2 aromatic rings. The summed E-state index contributed by atoms with van der Waals surface area (Å²) >= 11 is 0. The fourth-order valence-electron chi connectivity index (χ4n) is 5.87. The summed E-state index contributed by atoms with van der Waals surface area (Å²) in [6.45, 7) is -1.63. The number of rotatable bonds is 15. The Labute approximate surface area is 276 Å². The first kappa shape index (κ1) is 38.0. The third kappa shape index (κ3) is 8.84. The van der Waals surface area contributed by atoms with Gasteiger partial charge in [-0.25, -0.2) is 0 Å². The predicted molar refractivity (Wildman–Crippen MR) is 163 cm³/mol. The van der Waals surface area contributed by atoms with Crippen LogP contribution in [0.4, 0.5) is 0 Å². The van der Waals surface area contributed by atoms with Crippen LogP contribution in [0.2, 0.25) is 0 Å². The van der Waals surface area contributed by atoms with Crippen LogP contribution in [0.1, 0.15) is 11.1 Å². The molecule has 2 aromatic carbocycles. The summed E-state index contributed by atoms with van der Waals surface area (Å²) in [5.41, 5.74) is 1.38. The molecule has 12 atom stereocenters. The molecule has 2 heterocycles. The molecule has 48 heavy (non-hydrogen) atoms. The number of ether oxygens (including phenoxy) is 6. The first-order valence-corrected chi connectivity index (χ1v) is 15.5. The second kappa shape index (κ2) is 17.2. The van der Waals surface area contributed by atoms with Crippen molar-refractivity contribution in [1.82, 2.24) is 0 Å². The van der Waals surface area contributed by atoms with Crippen LogP contribution in [0.15, 0.2) is 36.4 Å². The average Bonchev–Trinajstić information content (AvgIpc) is 3.09. The zero-order chi connectivity index (χ0) is 35.1. The summed E-state index contributed by atoms with van der Waals surface area (Å²) in [7, 11) is 2.79. The summed E-state index contributed by atoms with van der Waals surface area (Å²) in [6.07, 6.45) is -14.7. The maximum Gasteiger partial charge on any atom is 0.186 e. The van der Waals surface area contributed by atoms with E-state index in [9.17, 15) is 51.1 Å². The first-order chi connectivity index (χ1) is 22.9. The summed E-state index contributed by atoms with van der Waals surface area (Å²) < 4.78 is 33.6. The molecule has 16 heteroatoms. The molecular formula is C32H46O16. The fraction of sp³-hybridized carbons (Fsp3) is 0.625. The molecule has 2 saturated heterocycles. The Hall–Kier alpha value is -2.84. The molecule has 0 amide bonds. The van der Waals surface area contributed by atoms with Gasteiger partial charge in [-0.05, 0) is 60.1 Å². The maximum atomic E-state index is 10.6. The number of benzene rings is 2. The number of aromatic hydroxyl groups is 2. The predicted octanol–water partition coefficient (Wildman–Crippen LogP) is -2.23. The monoisotopic (exact) mass is 686 g/mol. The molecule has 10 N–H and O–H groups in total. The van der Waals surface area contributed by atoms with Gasteiger partial charge in [-0.2, -0.15) is 0 Å². The Balaban J connectivity index is 1.66. The zero-order valence-corrected chi connectivity index (χ0v) is 26.6. The maximum absolute atomic E-state index is 10.6. The van der Waals surface area contributed by atoms with Crippen molar-refractivity contribution in [3.8, 4) is 23.0 Å². The third-order valence-electron chi connectivity index (χ3n) is 8.80. The van der Waals surface area contributed by atoms with Crippen molar-refractivity contribution in [1.29, 1.82) is 0 Å². The van der Waals surface area contributed by atoms with Crippen molar-refractivity contribution in [3.05, 3.63) is 47.5 Å². The van der Waals surface area contributed by atoms with Gasteiger partial charge in [-0.3, -0.25) is 0 Å². The summed E-state index contributed by atoms with van der Waals surface area (Å²) in [5.74, 6) is -0.854. The van der Waals surface area contributed by atoms with Gasteiger partial charge in [0.05, 0.1) is 40.6 Å². The van der Waals surface area contributed by atoms with Gasteiger partial charge in [0.15, 0.2) is 35.6 Å². The highest BCUT2D eigenvalue weighted by molar-refractivity contribution is 5.43. The highest BCUT2D eigenvalue weighted by Gasteiger charge is 2.46. The minimum atomic E-state index is -1.67. The highest BCUT2D eigenvalue weighted by Crippen LogP contribution is 2.34. The van der Waals surface area contributed by atoms with Crippen LogP contribution in [0, 0.1) is 11.8 Å². The molecule has 4 rings (SSSR count). The molecule has 10 unspecified atom stereocenters. The lowest BCUT2D eigenvalue weighted by atomic mass is 9.83. The number of hydrogen-bond donors (Lipinski definition) is 10. The van der Waals surface area contributed by atoms with Gasteiger partial charge in [-0.1, -0.05) is 12.1 Å². The van der Waals surface area contributed by atoms with E-state index in [1.807, 2.05) is 0 Å². The van der Waals surface area contributed by atoms with Gasteiger partial charge in [0, 0.05) is 0 Å². The summed E-state index contributed by atoms with van der Waals surface area (Å²) in [5, 5.41) is 102. The number of aliphatic hydroxyl groups is 8. The summed E-state index contributed by atoms with van der Waals surface area (Å²) in [4.78, 5) is 0. The van der Waals surface area contributed by atoms with Crippen LogP contribution in [-0.2, 0) is 31.8 Å². The SMILES string of the molecule is COc1cc(C[C@@H](COC2OC(CO)C(O)C(O)C2O)[C@@H](COC2OC(CO)C(O)C(O)C2O)Cc2ccc(O)c(OC)c2)ccc1O. The normalized spacial score (nSPS) is 32.0. The van der Waals surface area contributed by atoms with Crippen LogP contribution in [0.3, 0.4) is 0 Å². The minimum Gasteiger partial charge on any atom is -0.504 e. The fourth-order valence-corrected chi connectivity index (χ4v) is 5.87. The second-order valence-electron chi connectivity index (χ2n) is 12.0. The van der Waals surface area contributed by atoms with Gasteiger partial charge >= 0.3 is 0 Å². The van der Waals surface area contributed by atoms with Gasteiger partial charge in [0.2, 0.25) is 0 Å². The lowest BCUT2D eigenvalue weighted by molar-refractivity contribution is -0.308. The van der Waals surface area contributed by atoms with Gasteiger partial charge < -0.3 is 79.5 Å². The van der Waals surface area contributed by atoms with Crippen LogP contribution in [0.5, 0.6) is 23.0 Å². The van der Waals surface area contributed by atoms with E-state index in [1.54, 1.807) is 24.3 Å². The molecule has 2 aliphatic rings. The number of aliphatic hydroxyl groups excluding tert-OH is 8. The molecule has 0 saturated carbocycles. The largest absolute Gasteiger partial charge is 0.504 e. The van der Waals surface area contributed by atoms with E-state index in [1.165, 1.54) is 26.4 Å². The van der Waals surface area contributed by atoms with Crippen LogP contribution in [0.25, 0.3) is 0 Å². The quantitative estimate of drug-likeness (QED) is 0.0951. The van der Waals surface area contributed by atoms with E-state index >= 15 is 0 Å². The van der Waals surface area contributed by atoms with Crippen molar-refractivity contribution in [2.24, 2.45) is 11.8 Å². The molecule has 0 aromatic heterocycles. The molecule has 0 radical (unpaired) electrons. The van der Waals surface area contributed by atoms with Gasteiger partial charge in [0.25, 0.3) is 0 Å². The zero-order valence-electron chi connectivity index (χ0n) is 26.6. The highest BCUT2D eigenvalue weighted by atomic mass is 16.7. The molecule has 0 aliphatic carbocycles. The number of phenols is 2. The summed E-state index contributed by atoms with van der Waals surface area (Å²) in [6, 6.07) is 9.47. The number of phenolic OH excluding ortho intramolecular Hbond substituents is 2.